The minimum Gasteiger partial charge on any atom is -0.389 e. The lowest BCUT2D eigenvalue weighted by Gasteiger charge is -2.15. The summed E-state index contributed by atoms with van der Waals surface area (Å²) in [5.74, 6) is 0. The van der Waals surface area contributed by atoms with Crippen LogP contribution in [0.5, 0.6) is 0 Å². The second-order valence-corrected chi connectivity index (χ2v) is 5.99. The highest BCUT2D eigenvalue weighted by Gasteiger charge is 2.17. The molecule has 4 N–H and O–H groups in total. The Morgan fingerprint density at radius 2 is 2.05 bits per heavy atom. The fourth-order valence-corrected chi connectivity index (χ4v) is 2.77. The van der Waals surface area contributed by atoms with Crippen molar-refractivity contribution in [3.63, 3.8) is 0 Å². The Kier molecular flexibility index (Phi) is 4.76. The zero-order valence-electron chi connectivity index (χ0n) is 10.4. The van der Waals surface area contributed by atoms with Crippen LogP contribution in [0.4, 0.5) is 10.5 Å². The highest BCUT2D eigenvalue weighted by Crippen LogP contribution is 2.22. The van der Waals surface area contributed by atoms with Crippen molar-refractivity contribution < 1.29 is 4.79 Å². The highest BCUT2D eigenvalue weighted by molar-refractivity contribution is 9.10. The van der Waals surface area contributed by atoms with Gasteiger partial charge < -0.3 is 16.4 Å². The van der Waals surface area contributed by atoms with E-state index in [0.29, 0.717) is 11.3 Å². The van der Waals surface area contributed by atoms with Gasteiger partial charge in [0.2, 0.25) is 0 Å². The number of rotatable bonds is 3. The molecule has 2 rings (SSSR count). The van der Waals surface area contributed by atoms with Gasteiger partial charge in [0, 0.05) is 16.1 Å². The number of carbonyl (C=O) groups is 1. The first kappa shape index (κ1) is 14.3. The van der Waals surface area contributed by atoms with Crippen LogP contribution in [-0.2, 0) is 0 Å². The Hall–Kier alpha value is -1.14. The van der Waals surface area contributed by atoms with Crippen molar-refractivity contribution in [3.8, 4) is 0 Å². The molecule has 1 fully saturated rings. The number of benzene rings is 1. The molecule has 1 aliphatic carbocycles. The van der Waals surface area contributed by atoms with E-state index in [1.54, 1.807) is 12.1 Å². The van der Waals surface area contributed by atoms with Gasteiger partial charge in [-0.2, -0.15) is 0 Å². The Morgan fingerprint density at radius 3 is 2.68 bits per heavy atom. The molecule has 0 unspecified atom stereocenters. The van der Waals surface area contributed by atoms with Gasteiger partial charge in [0.1, 0.15) is 4.99 Å². The third-order valence-electron chi connectivity index (χ3n) is 3.19. The van der Waals surface area contributed by atoms with Crippen LogP contribution < -0.4 is 16.4 Å². The molecule has 0 atom stereocenters. The summed E-state index contributed by atoms with van der Waals surface area (Å²) >= 11 is 8.35. The Morgan fingerprint density at radius 1 is 1.37 bits per heavy atom. The molecule has 1 aromatic carbocycles. The monoisotopic (exact) mass is 341 g/mol. The number of urea groups is 1. The maximum Gasteiger partial charge on any atom is 0.319 e. The van der Waals surface area contributed by atoms with Crippen LogP contribution in [0.1, 0.15) is 31.2 Å². The number of hydrogen-bond acceptors (Lipinski definition) is 2. The van der Waals surface area contributed by atoms with Gasteiger partial charge in [0.25, 0.3) is 0 Å². The topological polar surface area (TPSA) is 67.1 Å². The SMILES string of the molecule is NC(=S)c1cc(Br)ccc1NC(=O)NC1CCCC1. The van der Waals surface area contributed by atoms with E-state index in [4.69, 9.17) is 18.0 Å². The fourth-order valence-electron chi connectivity index (χ4n) is 2.24. The second-order valence-electron chi connectivity index (χ2n) is 4.63. The van der Waals surface area contributed by atoms with E-state index < -0.39 is 0 Å². The zero-order valence-corrected chi connectivity index (χ0v) is 12.8. The number of carbonyl (C=O) groups excluding carboxylic acids is 1. The average Bonchev–Trinajstić information content (AvgIpc) is 2.83. The van der Waals surface area contributed by atoms with Crippen molar-refractivity contribution >= 4 is 44.9 Å². The molecule has 4 nitrogen and oxygen atoms in total. The van der Waals surface area contributed by atoms with Gasteiger partial charge in [-0.15, -0.1) is 0 Å². The van der Waals surface area contributed by atoms with Crippen LogP contribution in [0.15, 0.2) is 22.7 Å². The Bertz CT molecular complexity index is 501. The smallest absolute Gasteiger partial charge is 0.319 e. The molecule has 102 valence electrons. The summed E-state index contributed by atoms with van der Waals surface area (Å²) in [4.78, 5) is 12.2. The van der Waals surface area contributed by atoms with E-state index in [2.05, 4.69) is 26.6 Å². The second kappa shape index (κ2) is 6.34. The summed E-state index contributed by atoms with van der Waals surface area (Å²) in [5, 5.41) is 5.77. The summed E-state index contributed by atoms with van der Waals surface area (Å²) in [6, 6.07) is 5.50. The van der Waals surface area contributed by atoms with Gasteiger partial charge in [0.15, 0.2) is 0 Å². The van der Waals surface area contributed by atoms with Crippen LogP contribution in [-0.4, -0.2) is 17.1 Å². The normalized spacial score (nSPS) is 15.2. The van der Waals surface area contributed by atoms with Crippen molar-refractivity contribution in [3.05, 3.63) is 28.2 Å². The van der Waals surface area contributed by atoms with E-state index in [9.17, 15) is 4.79 Å². The fraction of sp³-hybridized carbons (Fsp3) is 0.385. The molecule has 0 spiro atoms. The zero-order chi connectivity index (χ0) is 13.8. The van der Waals surface area contributed by atoms with Crippen molar-refractivity contribution in [2.24, 2.45) is 5.73 Å². The summed E-state index contributed by atoms with van der Waals surface area (Å²) in [5.41, 5.74) is 6.95. The van der Waals surface area contributed by atoms with Crippen LogP contribution in [0, 0.1) is 0 Å². The number of nitrogens with one attached hydrogen (secondary N) is 2. The summed E-state index contributed by atoms with van der Waals surface area (Å²) in [6.07, 6.45) is 4.47. The Balaban J connectivity index is 2.05. The molecule has 1 aromatic rings. The molecular weight excluding hydrogens is 326 g/mol. The van der Waals surface area contributed by atoms with Gasteiger partial charge in [-0.25, -0.2) is 4.79 Å². The molecule has 6 heteroatoms. The third kappa shape index (κ3) is 3.91. The first-order valence-corrected chi connectivity index (χ1v) is 7.43. The highest BCUT2D eigenvalue weighted by atomic mass is 79.9. The van der Waals surface area contributed by atoms with Gasteiger partial charge in [-0.1, -0.05) is 41.0 Å². The van der Waals surface area contributed by atoms with Crippen molar-refractivity contribution in [1.82, 2.24) is 5.32 Å². The molecule has 19 heavy (non-hydrogen) atoms. The summed E-state index contributed by atoms with van der Waals surface area (Å²) in [6.45, 7) is 0. The molecule has 0 aliphatic heterocycles. The predicted octanol–water partition coefficient (Wildman–Crippen LogP) is 3.15. The third-order valence-corrected chi connectivity index (χ3v) is 3.90. The van der Waals surface area contributed by atoms with E-state index in [0.717, 1.165) is 17.3 Å². The van der Waals surface area contributed by atoms with E-state index in [1.165, 1.54) is 12.8 Å². The number of hydrogen-bond donors (Lipinski definition) is 3. The summed E-state index contributed by atoms with van der Waals surface area (Å²) in [7, 11) is 0. The number of anilines is 1. The van der Waals surface area contributed by atoms with E-state index >= 15 is 0 Å². The maximum atomic E-state index is 11.9. The van der Waals surface area contributed by atoms with Gasteiger partial charge >= 0.3 is 6.03 Å². The molecule has 0 bridgehead atoms. The molecule has 0 saturated heterocycles. The van der Waals surface area contributed by atoms with Gasteiger partial charge in [-0.05, 0) is 31.0 Å². The molecular formula is C13H16BrN3OS. The van der Waals surface area contributed by atoms with E-state index in [-0.39, 0.29) is 17.1 Å². The lowest BCUT2D eigenvalue weighted by atomic mass is 10.2. The maximum absolute atomic E-state index is 11.9. The largest absolute Gasteiger partial charge is 0.389 e. The molecule has 0 heterocycles. The van der Waals surface area contributed by atoms with Crippen molar-refractivity contribution in [2.75, 3.05) is 5.32 Å². The molecule has 2 amide bonds. The lowest BCUT2D eigenvalue weighted by Crippen LogP contribution is -2.36. The first-order valence-electron chi connectivity index (χ1n) is 6.23. The summed E-state index contributed by atoms with van der Waals surface area (Å²) < 4.78 is 0.872. The quantitative estimate of drug-likeness (QED) is 0.740. The first-order chi connectivity index (χ1) is 9.06. The van der Waals surface area contributed by atoms with Gasteiger partial charge in [0.05, 0.1) is 5.69 Å². The van der Waals surface area contributed by atoms with Crippen LogP contribution in [0.3, 0.4) is 0 Å². The van der Waals surface area contributed by atoms with Crippen molar-refractivity contribution in [2.45, 2.75) is 31.7 Å². The van der Waals surface area contributed by atoms with Crippen LogP contribution in [0.25, 0.3) is 0 Å². The molecule has 0 radical (unpaired) electrons. The number of nitrogens with two attached hydrogens (primary N) is 1. The molecule has 0 aromatic heterocycles. The van der Waals surface area contributed by atoms with Crippen molar-refractivity contribution in [1.29, 1.82) is 0 Å². The molecule has 1 aliphatic rings. The standard InChI is InChI=1S/C13H16BrN3OS/c14-8-5-6-11(10(7-8)12(15)19)17-13(18)16-9-3-1-2-4-9/h5-7,9H,1-4H2,(H2,15,19)(H2,16,17,18). The van der Waals surface area contributed by atoms with E-state index in [1.807, 2.05) is 6.07 Å². The number of amides is 2. The van der Waals surface area contributed by atoms with Crippen LogP contribution in [0.2, 0.25) is 0 Å². The minimum atomic E-state index is -0.202. The number of thiocarbonyl (C=S) groups is 1. The van der Waals surface area contributed by atoms with Crippen LogP contribution >= 0.6 is 28.1 Å². The minimum absolute atomic E-state index is 0.202. The average molecular weight is 342 g/mol. The molecule has 1 saturated carbocycles. The predicted molar refractivity (Wildman–Crippen MR) is 84.4 cm³/mol. The number of halogens is 1. The lowest BCUT2D eigenvalue weighted by molar-refractivity contribution is 0.248. The van der Waals surface area contributed by atoms with Gasteiger partial charge in [-0.3, -0.25) is 0 Å². The Labute approximate surface area is 126 Å².